The number of hydrogen-bond acceptors (Lipinski definition) is 1. The van der Waals surface area contributed by atoms with Crippen LogP contribution in [-0.4, -0.2) is 4.98 Å². The molecule has 0 bridgehead atoms. The lowest BCUT2D eigenvalue weighted by Crippen LogP contribution is -1.93. The van der Waals surface area contributed by atoms with Crippen LogP contribution in [0.5, 0.6) is 0 Å². The summed E-state index contributed by atoms with van der Waals surface area (Å²) in [6, 6.07) is 74.6. The standard InChI is InChI=1S/C53H35N/c1-3-16-36(17-4-1)44-30-15-31-45(37-18-5-2-6-19-37)51(44)41-24-14-25-42(33-41)53-48-28-11-9-26-46(48)52(47-27-10-12-29-49(47)53)40-23-13-22-39(32-40)50-34-38-20-7-8-21-43(38)35-54-50/h1-35H. The van der Waals surface area contributed by atoms with E-state index in [0.29, 0.717) is 0 Å². The van der Waals surface area contributed by atoms with Crippen LogP contribution >= 0.6 is 0 Å². The van der Waals surface area contributed by atoms with Crippen LogP contribution in [0.1, 0.15) is 0 Å². The zero-order valence-corrected chi connectivity index (χ0v) is 29.7. The minimum atomic E-state index is 0.975. The van der Waals surface area contributed by atoms with Crippen molar-refractivity contribution in [1.29, 1.82) is 0 Å². The lowest BCUT2D eigenvalue weighted by Gasteiger charge is -2.20. The first-order valence-electron chi connectivity index (χ1n) is 18.5. The molecule has 10 rings (SSSR count). The van der Waals surface area contributed by atoms with Crippen LogP contribution in [0.25, 0.3) is 99.2 Å². The highest BCUT2D eigenvalue weighted by molar-refractivity contribution is 6.21. The minimum absolute atomic E-state index is 0.975. The SMILES string of the molecule is c1ccc(-c2cccc(-c3ccccc3)c2-c2cccc(-c3c4ccccc4c(-c4cccc(-c5cc6ccccc6cn5)c4)c4ccccc34)c2)cc1. The van der Waals surface area contributed by atoms with Crippen LogP contribution < -0.4 is 0 Å². The zero-order valence-electron chi connectivity index (χ0n) is 29.7. The Morgan fingerprint density at radius 1 is 0.259 bits per heavy atom. The van der Waals surface area contributed by atoms with Gasteiger partial charge in [0.05, 0.1) is 5.69 Å². The molecule has 0 aliphatic heterocycles. The van der Waals surface area contributed by atoms with Crippen molar-refractivity contribution in [2.24, 2.45) is 0 Å². The van der Waals surface area contributed by atoms with Gasteiger partial charge in [-0.05, 0) is 101 Å². The van der Waals surface area contributed by atoms with Gasteiger partial charge in [0.2, 0.25) is 0 Å². The number of aromatic nitrogens is 1. The maximum Gasteiger partial charge on any atom is 0.0708 e. The van der Waals surface area contributed by atoms with Gasteiger partial charge in [0.25, 0.3) is 0 Å². The van der Waals surface area contributed by atoms with Gasteiger partial charge in [0.1, 0.15) is 0 Å². The van der Waals surface area contributed by atoms with Gasteiger partial charge in [-0.25, -0.2) is 0 Å². The molecule has 54 heavy (non-hydrogen) atoms. The molecule has 10 aromatic rings. The largest absolute Gasteiger partial charge is 0.256 e. The van der Waals surface area contributed by atoms with E-state index in [0.717, 1.165) is 16.6 Å². The highest BCUT2D eigenvalue weighted by atomic mass is 14.7. The lowest BCUT2D eigenvalue weighted by atomic mass is 9.83. The van der Waals surface area contributed by atoms with Gasteiger partial charge in [-0.3, -0.25) is 4.98 Å². The van der Waals surface area contributed by atoms with E-state index < -0.39 is 0 Å². The Morgan fingerprint density at radius 3 is 1.19 bits per heavy atom. The summed E-state index contributed by atoms with van der Waals surface area (Å²) in [5.74, 6) is 0. The van der Waals surface area contributed by atoms with Gasteiger partial charge >= 0.3 is 0 Å². The van der Waals surface area contributed by atoms with Crippen molar-refractivity contribution in [1.82, 2.24) is 4.98 Å². The predicted molar refractivity (Wildman–Crippen MR) is 229 cm³/mol. The van der Waals surface area contributed by atoms with Crippen LogP contribution in [0.3, 0.4) is 0 Å². The Bertz CT molecular complexity index is 2860. The molecule has 252 valence electrons. The monoisotopic (exact) mass is 685 g/mol. The quantitative estimate of drug-likeness (QED) is 0.159. The van der Waals surface area contributed by atoms with E-state index in [1.807, 2.05) is 6.20 Å². The average Bonchev–Trinajstić information content (AvgIpc) is 3.25. The van der Waals surface area contributed by atoms with E-state index in [2.05, 4.69) is 206 Å². The van der Waals surface area contributed by atoms with E-state index in [9.17, 15) is 0 Å². The van der Waals surface area contributed by atoms with Crippen molar-refractivity contribution in [3.63, 3.8) is 0 Å². The summed E-state index contributed by atoms with van der Waals surface area (Å²) in [5, 5.41) is 7.27. The molecule has 0 atom stereocenters. The van der Waals surface area contributed by atoms with E-state index in [1.54, 1.807) is 0 Å². The predicted octanol–water partition coefficient (Wildman–Crippen LogP) is 14.5. The van der Waals surface area contributed by atoms with Crippen LogP contribution in [-0.2, 0) is 0 Å². The summed E-state index contributed by atoms with van der Waals surface area (Å²) in [6.45, 7) is 0. The van der Waals surface area contributed by atoms with E-state index in [-0.39, 0.29) is 0 Å². The second kappa shape index (κ2) is 13.5. The topological polar surface area (TPSA) is 12.9 Å². The van der Waals surface area contributed by atoms with Crippen molar-refractivity contribution in [2.75, 3.05) is 0 Å². The molecule has 0 aliphatic rings. The summed E-state index contributed by atoms with van der Waals surface area (Å²) >= 11 is 0. The maximum atomic E-state index is 4.87. The molecule has 1 nitrogen and oxygen atoms in total. The zero-order chi connectivity index (χ0) is 35.8. The maximum absolute atomic E-state index is 4.87. The van der Waals surface area contributed by atoms with Gasteiger partial charge in [-0.2, -0.15) is 0 Å². The van der Waals surface area contributed by atoms with Crippen LogP contribution in [0.4, 0.5) is 0 Å². The van der Waals surface area contributed by atoms with Crippen molar-refractivity contribution in [3.8, 4) is 66.9 Å². The number of benzene rings is 9. The Hall–Kier alpha value is -7.09. The fourth-order valence-corrected chi connectivity index (χ4v) is 8.24. The van der Waals surface area contributed by atoms with Gasteiger partial charge in [0, 0.05) is 17.1 Å². The Labute approximate surface area is 315 Å². The van der Waals surface area contributed by atoms with Crippen molar-refractivity contribution >= 4 is 32.3 Å². The Kier molecular flexibility index (Phi) is 7.89. The number of nitrogens with zero attached hydrogens (tertiary/aromatic N) is 1. The fourth-order valence-electron chi connectivity index (χ4n) is 8.24. The third-order valence-corrected chi connectivity index (χ3v) is 10.7. The van der Waals surface area contributed by atoms with Gasteiger partial charge < -0.3 is 0 Å². The Morgan fingerprint density at radius 2 is 0.648 bits per heavy atom. The van der Waals surface area contributed by atoms with E-state index in [1.165, 1.54) is 82.6 Å². The number of pyridine rings is 1. The molecule has 9 aromatic carbocycles. The fraction of sp³-hybridized carbons (Fsp3) is 0. The molecular weight excluding hydrogens is 651 g/mol. The molecule has 0 spiro atoms. The summed E-state index contributed by atoms with van der Waals surface area (Å²) in [4.78, 5) is 4.87. The first-order valence-corrected chi connectivity index (χ1v) is 18.5. The molecule has 0 amide bonds. The van der Waals surface area contributed by atoms with Gasteiger partial charge in [-0.15, -0.1) is 0 Å². The van der Waals surface area contributed by atoms with Crippen LogP contribution in [0.15, 0.2) is 212 Å². The molecule has 0 saturated carbocycles. The smallest absolute Gasteiger partial charge is 0.0708 e. The summed E-state index contributed by atoms with van der Waals surface area (Å²) in [7, 11) is 0. The van der Waals surface area contributed by atoms with Crippen molar-refractivity contribution in [2.45, 2.75) is 0 Å². The molecule has 1 heteroatoms. The number of fused-ring (bicyclic) bond motifs is 3. The average molecular weight is 686 g/mol. The second-order valence-corrected chi connectivity index (χ2v) is 13.9. The first-order chi connectivity index (χ1) is 26.8. The molecule has 0 saturated heterocycles. The minimum Gasteiger partial charge on any atom is -0.256 e. The van der Waals surface area contributed by atoms with E-state index >= 15 is 0 Å². The third kappa shape index (κ3) is 5.55. The summed E-state index contributed by atoms with van der Waals surface area (Å²) < 4.78 is 0. The number of hydrogen-bond donors (Lipinski definition) is 0. The molecule has 0 fully saturated rings. The molecule has 1 aromatic heterocycles. The van der Waals surface area contributed by atoms with Crippen molar-refractivity contribution in [3.05, 3.63) is 212 Å². The van der Waals surface area contributed by atoms with Crippen LogP contribution in [0, 0.1) is 0 Å². The molecule has 0 unspecified atom stereocenters. The first kappa shape index (κ1) is 31.6. The second-order valence-electron chi connectivity index (χ2n) is 13.9. The lowest BCUT2D eigenvalue weighted by molar-refractivity contribution is 1.36. The van der Waals surface area contributed by atoms with E-state index in [4.69, 9.17) is 4.98 Å². The highest BCUT2D eigenvalue weighted by Crippen LogP contribution is 2.46. The van der Waals surface area contributed by atoms with Crippen molar-refractivity contribution < 1.29 is 0 Å². The third-order valence-electron chi connectivity index (χ3n) is 10.7. The van der Waals surface area contributed by atoms with Gasteiger partial charge in [0.15, 0.2) is 0 Å². The summed E-state index contributed by atoms with van der Waals surface area (Å²) in [6.07, 6.45) is 1.98. The number of rotatable bonds is 6. The highest BCUT2D eigenvalue weighted by Gasteiger charge is 2.19. The molecule has 1 heterocycles. The van der Waals surface area contributed by atoms with Gasteiger partial charge in [-0.1, -0.05) is 188 Å². The molecule has 0 N–H and O–H groups in total. The summed E-state index contributed by atoms with van der Waals surface area (Å²) in [5.41, 5.74) is 14.2. The Balaban J connectivity index is 1.19. The molecular formula is C53H35N. The molecule has 0 radical (unpaired) electrons. The van der Waals surface area contributed by atoms with Crippen LogP contribution in [0.2, 0.25) is 0 Å². The normalized spacial score (nSPS) is 11.3. The molecule has 0 aliphatic carbocycles.